The van der Waals surface area contributed by atoms with E-state index in [0.717, 1.165) is 39.9 Å². The van der Waals surface area contributed by atoms with E-state index in [9.17, 15) is 0 Å². The van der Waals surface area contributed by atoms with Crippen LogP contribution < -0.4 is 5.32 Å². The molecular formula is C13H22BrN3S. The van der Waals surface area contributed by atoms with Crippen LogP contribution in [-0.2, 0) is 5.75 Å². The number of nitrogens with one attached hydrogen (secondary N) is 1. The second-order valence-electron chi connectivity index (χ2n) is 4.43. The van der Waals surface area contributed by atoms with Crippen molar-refractivity contribution >= 4 is 33.5 Å². The largest absolute Gasteiger partial charge is 0.369 e. The van der Waals surface area contributed by atoms with Crippen molar-refractivity contribution < 1.29 is 0 Å². The summed E-state index contributed by atoms with van der Waals surface area (Å²) < 4.78 is 1.00. The molecule has 0 amide bonds. The Morgan fingerprint density at radius 1 is 1.28 bits per heavy atom. The molecule has 0 aromatic carbocycles. The van der Waals surface area contributed by atoms with Crippen LogP contribution in [0.2, 0.25) is 0 Å². The normalized spacial score (nSPS) is 11.0. The number of anilines is 1. The minimum absolute atomic E-state index is 0.398. The molecule has 0 aliphatic rings. The second kappa shape index (κ2) is 8.00. The third-order valence-corrected chi connectivity index (χ3v) is 4.33. The summed E-state index contributed by atoms with van der Waals surface area (Å²) in [4.78, 5) is 9.25. The molecule has 0 aliphatic heterocycles. The molecule has 1 aromatic heterocycles. The van der Waals surface area contributed by atoms with E-state index >= 15 is 0 Å². The molecule has 1 rings (SSSR count). The first-order chi connectivity index (χ1) is 8.60. The van der Waals surface area contributed by atoms with E-state index in [4.69, 9.17) is 0 Å². The number of nitrogens with zero attached hydrogens (tertiary/aromatic N) is 2. The summed E-state index contributed by atoms with van der Waals surface area (Å²) in [5, 5.41) is 3.29. The molecule has 0 saturated heterocycles. The van der Waals surface area contributed by atoms with Crippen LogP contribution in [0, 0.1) is 0 Å². The molecule has 0 saturated carbocycles. The smallest absolute Gasteiger partial charge is 0.144 e. The molecule has 0 spiro atoms. The lowest BCUT2D eigenvalue weighted by atomic mass is 10.1. The van der Waals surface area contributed by atoms with Crippen LogP contribution in [0.1, 0.15) is 51.6 Å². The molecule has 0 fully saturated rings. The van der Waals surface area contributed by atoms with Gasteiger partial charge in [-0.05, 0) is 40.9 Å². The number of halogens is 1. The van der Waals surface area contributed by atoms with Crippen molar-refractivity contribution in [2.75, 3.05) is 17.6 Å². The Morgan fingerprint density at radius 3 is 2.56 bits per heavy atom. The molecule has 18 heavy (non-hydrogen) atoms. The molecule has 3 nitrogen and oxygen atoms in total. The standard InChI is InChI=1S/C13H22BrN3S/c1-5-7-18-8-10-16-12(9(3)4)11(14)13(17-10)15-6-2/h9H,5-8H2,1-4H3,(H,15,16,17). The first kappa shape index (κ1) is 15.8. The van der Waals surface area contributed by atoms with Crippen molar-refractivity contribution in [3.63, 3.8) is 0 Å². The maximum atomic E-state index is 4.67. The van der Waals surface area contributed by atoms with Gasteiger partial charge in [0.05, 0.1) is 15.9 Å². The van der Waals surface area contributed by atoms with Gasteiger partial charge in [0.2, 0.25) is 0 Å². The lowest BCUT2D eigenvalue weighted by Gasteiger charge is -2.14. The summed E-state index contributed by atoms with van der Waals surface area (Å²) in [6.45, 7) is 9.46. The lowest BCUT2D eigenvalue weighted by Crippen LogP contribution is -2.08. The van der Waals surface area contributed by atoms with Crippen molar-refractivity contribution in [3.8, 4) is 0 Å². The molecule has 5 heteroatoms. The number of thioether (sulfide) groups is 1. The van der Waals surface area contributed by atoms with Gasteiger partial charge in [0, 0.05) is 6.54 Å². The highest BCUT2D eigenvalue weighted by atomic mass is 79.9. The summed E-state index contributed by atoms with van der Waals surface area (Å²) >= 11 is 5.50. The van der Waals surface area contributed by atoms with Crippen molar-refractivity contribution in [3.05, 3.63) is 16.0 Å². The molecule has 0 bridgehead atoms. The summed E-state index contributed by atoms with van der Waals surface area (Å²) in [6.07, 6.45) is 1.19. The minimum Gasteiger partial charge on any atom is -0.369 e. The molecule has 0 radical (unpaired) electrons. The Hall–Kier alpha value is -0.290. The van der Waals surface area contributed by atoms with Gasteiger partial charge in [-0.15, -0.1) is 0 Å². The van der Waals surface area contributed by atoms with Gasteiger partial charge in [-0.1, -0.05) is 20.8 Å². The van der Waals surface area contributed by atoms with Gasteiger partial charge in [-0.25, -0.2) is 9.97 Å². The third-order valence-electron chi connectivity index (χ3n) is 2.39. The van der Waals surface area contributed by atoms with Crippen LogP contribution in [0.5, 0.6) is 0 Å². The minimum atomic E-state index is 0.398. The zero-order valence-electron chi connectivity index (χ0n) is 11.6. The van der Waals surface area contributed by atoms with Crippen LogP contribution >= 0.6 is 27.7 Å². The first-order valence-electron chi connectivity index (χ1n) is 6.48. The monoisotopic (exact) mass is 331 g/mol. The van der Waals surface area contributed by atoms with Crippen molar-refractivity contribution in [2.45, 2.75) is 45.8 Å². The van der Waals surface area contributed by atoms with Crippen LogP contribution in [-0.4, -0.2) is 22.3 Å². The molecule has 0 atom stereocenters. The Labute approximate surface area is 123 Å². The van der Waals surface area contributed by atoms with Gasteiger partial charge >= 0.3 is 0 Å². The van der Waals surface area contributed by atoms with Crippen LogP contribution in [0.25, 0.3) is 0 Å². The molecular weight excluding hydrogens is 310 g/mol. The zero-order chi connectivity index (χ0) is 13.5. The fourth-order valence-corrected chi connectivity index (χ4v) is 3.07. The van der Waals surface area contributed by atoms with Gasteiger partial charge in [0.25, 0.3) is 0 Å². The molecule has 102 valence electrons. The van der Waals surface area contributed by atoms with Gasteiger partial charge in [0.1, 0.15) is 11.6 Å². The van der Waals surface area contributed by atoms with Crippen LogP contribution in [0.15, 0.2) is 4.47 Å². The lowest BCUT2D eigenvalue weighted by molar-refractivity contribution is 0.792. The average Bonchev–Trinajstić information content (AvgIpc) is 2.33. The number of rotatable bonds is 7. The summed E-state index contributed by atoms with van der Waals surface area (Å²) in [6, 6.07) is 0. The molecule has 1 aromatic rings. The van der Waals surface area contributed by atoms with Crippen molar-refractivity contribution in [1.29, 1.82) is 0 Å². The molecule has 0 aliphatic carbocycles. The summed E-state index contributed by atoms with van der Waals surface area (Å²) in [7, 11) is 0. The van der Waals surface area contributed by atoms with E-state index in [1.807, 2.05) is 11.8 Å². The summed E-state index contributed by atoms with van der Waals surface area (Å²) in [5.41, 5.74) is 1.09. The number of hydrogen-bond acceptors (Lipinski definition) is 4. The molecule has 0 unspecified atom stereocenters. The van der Waals surface area contributed by atoms with Crippen LogP contribution in [0.3, 0.4) is 0 Å². The maximum Gasteiger partial charge on any atom is 0.144 e. The topological polar surface area (TPSA) is 37.8 Å². The van der Waals surface area contributed by atoms with E-state index in [1.54, 1.807) is 0 Å². The van der Waals surface area contributed by atoms with Gasteiger partial charge in [-0.3, -0.25) is 0 Å². The first-order valence-corrected chi connectivity index (χ1v) is 8.42. The third kappa shape index (κ3) is 4.43. The van der Waals surface area contributed by atoms with E-state index in [1.165, 1.54) is 6.42 Å². The molecule has 1 N–H and O–H groups in total. The van der Waals surface area contributed by atoms with E-state index in [-0.39, 0.29) is 0 Å². The molecule has 1 heterocycles. The quantitative estimate of drug-likeness (QED) is 0.749. The van der Waals surface area contributed by atoms with E-state index in [2.05, 4.69) is 58.9 Å². The van der Waals surface area contributed by atoms with E-state index in [0.29, 0.717) is 5.92 Å². The Bertz CT molecular complexity index is 383. The Balaban J connectivity index is 2.96. The highest BCUT2D eigenvalue weighted by molar-refractivity contribution is 9.10. The SMILES string of the molecule is CCCSCc1nc(NCC)c(Br)c(C(C)C)n1. The number of hydrogen-bond donors (Lipinski definition) is 1. The van der Waals surface area contributed by atoms with Gasteiger partial charge < -0.3 is 5.32 Å². The van der Waals surface area contributed by atoms with Crippen LogP contribution in [0.4, 0.5) is 5.82 Å². The van der Waals surface area contributed by atoms with Gasteiger partial charge in [-0.2, -0.15) is 11.8 Å². The fourth-order valence-electron chi connectivity index (χ4n) is 1.55. The highest BCUT2D eigenvalue weighted by Crippen LogP contribution is 2.29. The van der Waals surface area contributed by atoms with Crippen molar-refractivity contribution in [2.24, 2.45) is 0 Å². The fraction of sp³-hybridized carbons (Fsp3) is 0.692. The Morgan fingerprint density at radius 2 is 2.00 bits per heavy atom. The van der Waals surface area contributed by atoms with E-state index < -0.39 is 0 Å². The second-order valence-corrected chi connectivity index (χ2v) is 6.32. The van der Waals surface area contributed by atoms with Gasteiger partial charge in [0.15, 0.2) is 0 Å². The summed E-state index contributed by atoms with van der Waals surface area (Å²) in [5.74, 6) is 4.29. The predicted octanol–water partition coefficient (Wildman–Crippen LogP) is 4.44. The maximum absolute atomic E-state index is 4.67. The number of aromatic nitrogens is 2. The highest BCUT2D eigenvalue weighted by Gasteiger charge is 2.14. The predicted molar refractivity (Wildman–Crippen MR) is 84.4 cm³/mol. The zero-order valence-corrected chi connectivity index (χ0v) is 14.0. The average molecular weight is 332 g/mol. The Kier molecular flexibility index (Phi) is 7.00. The van der Waals surface area contributed by atoms with Crippen molar-refractivity contribution in [1.82, 2.24) is 9.97 Å².